The van der Waals surface area contributed by atoms with Crippen molar-refractivity contribution in [2.24, 2.45) is 5.10 Å². The summed E-state index contributed by atoms with van der Waals surface area (Å²) in [5.74, 6) is -0.793. The van der Waals surface area contributed by atoms with Crippen LogP contribution in [0.3, 0.4) is 0 Å². The SMILES string of the molecule is Cc1cc2occ(CC(=O)OCC(=O)N3CCC(c4ccccc4)=N3)c2cc1C. The minimum atomic E-state index is -0.467. The molecule has 3 aromatic rings. The van der Waals surface area contributed by atoms with E-state index in [0.29, 0.717) is 13.0 Å². The van der Waals surface area contributed by atoms with Crippen molar-refractivity contribution in [3.05, 3.63) is 71.0 Å². The summed E-state index contributed by atoms with van der Waals surface area (Å²) in [6.07, 6.45) is 2.31. The predicted octanol–water partition coefficient (Wildman–Crippen LogP) is 3.77. The molecule has 0 saturated heterocycles. The maximum Gasteiger partial charge on any atom is 0.310 e. The van der Waals surface area contributed by atoms with E-state index in [-0.39, 0.29) is 18.9 Å². The average molecular weight is 390 g/mol. The number of carbonyl (C=O) groups is 2. The number of furan rings is 1. The number of nitrogens with zero attached hydrogens (tertiary/aromatic N) is 2. The van der Waals surface area contributed by atoms with E-state index < -0.39 is 5.97 Å². The zero-order valence-corrected chi connectivity index (χ0v) is 16.5. The Kier molecular flexibility index (Phi) is 5.16. The Hall–Kier alpha value is -3.41. The predicted molar refractivity (Wildman–Crippen MR) is 110 cm³/mol. The van der Waals surface area contributed by atoms with Crippen molar-refractivity contribution in [1.82, 2.24) is 5.01 Å². The molecule has 1 amide bonds. The van der Waals surface area contributed by atoms with Gasteiger partial charge in [-0.2, -0.15) is 5.10 Å². The molecule has 0 N–H and O–H groups in total. The van der Waals surface area contributed by atoms with Crippen LogP contribution in [0.5, 0.6) is 0 Å². The molecular weight excluding hydrogens is 368 g/mol. The highest BCUT2D eigenvalue weighted by Crippen LogP contribution is 2.25. The van der Waals surface area contributed by atoms with E-state index in [0.717, 1.165) is 38.9 Å². The average Bonchev–Trinajstić information content (AvgIpc) is 3.36. The third-order valence-electron chi connectivity index (χ3n) is 5.16. The van der Waals surface area contributed by atoms with E-state index >= 15 is 0 Å². The monoisotopic (exact) mass is 390 g/mol. The number of aryl methyl sites for hydroxylation is 2. The summed E-state index contributed by atoms with van der Waals surface area (Å²) in [4.78, 5) is 24.6. The van der Waals surface area contributed by atoms with Crippen molar-refractivity contribution in [3.63, 3.8) is 0 Å². The first-order chi connectivity index (χ1) is 14.0. The van der Waals surface area contributed by atoms with Crippen LogP contribution in [0.1, 0.15) is 28.7 Å². The molecule has 148 valence electrons. The molecule has 1 aliphatic heterocycles. The minimum Gasteiger partial charge on any atom is -0.464 e. The summed E-state index contributed by atoms with van der Waals surface area (Å²) < 4.78 is 10.7. The van der Waals surface area contributed by atoms with E-state index in [4.69, 9.17) is 9.15 Å². The van der Waals surface area contributed by atoms with E-state index in [1.54, 1.807) is 6.26 Å². The fourth-order valence-electron chi connectivity index (χ4n) is 3.37. The van der Waals surface area contributed by atoms with Crippen LogP contribution in [0.15, 0.2) is 58.2 Å². The quantitative estimate of drug-likeness (QED) is 0.622. The van der Waals surface area contributed by atoms with Gasteiger partial charge in [-0.3, -0.25) is 9.59 Å². The highest BCUT2D eigenvalue weighted by Gasteiger charge is 2.23. The number of rotatable bonds is 5. The summed E-state index contributed by atoms with van der Waals surface area (Å²) in [6.45, 7) is 4.20. The molecule has 0 saturated carbocycles. The van der Waals surface area contributed by atoms with Crippen LogP contribution < -0.4 is 0 Å². The number of fused-ring (bicyclic) bond motifs is 1. The van der Waals surface area contributed by atoms with Crippen molar-refractivity contribution in [1.29, 1.82) is 0 Å². The van der Waals surface area contributed by atoms with Crippen LogP contribution >= 0.6 is 0 Å². The third-order valence-corrected chi connectivity index (χ3v) is 5.16. The van der Waals surface area contributed by atoms with Crippen molar-refractivity contribution < 1.29 is 18.7 Å². The van der Waals surface area contributed by atoms with E-state index in [1.807, 2.05) is 56.3 Å². The molecule has 2 aromatic carbocycles. The third kappa shape index (κ3) is 4.06. The molecule has 0 atom stereocenters. The summed E-state index contributed by atoms with van der Waals surface area (Å²) in [5, 5.41) is 6.63. The molecular formula is C23H22N2O4. The Bertz CT molecular complexity index is 1100. The molecule has 0 bridgehead atoms. The highest BCUT2D eigenvalue weighted by atomic mass is 16.5. The zero-order chi connectivity index (χ0) is 20.4. The standard InChI is InChI=1S/C23H22N2O4/c1-15-10-19-18(13-28-21(19)11-16(15)2)12-23(27)29-14-22(26)25-9-8-20(24-25)17-6-4-3-5-7-17/h3-7,10-11,13H,8-9,12,14H2,1-2H3. The van der Waals surface area contributed by atoms with Gasteiger partial charge in [0.2, 0.25) is 0 Å². The highest BCUT2D eigenvalue weighted by molar-refractivity contribution is 6.02. The molecule has 0 radical (unpaired) electrons. The zero-order valence-electron chi connectivity index (χ0n) is 16.5. The van der Waals surface area contributed by atoms with Crippen molar-refractivity contribution in [2.75, 3.05) is 13.2 Å². The first-order valence-corrected chi connectivity index (χ1v) is 9.57. The Labute approximate surface area is 168 Å². The molecule has 0 fully saturated rings. The number of amides is 1. The summed E-state index contributed by atoms with van der Waals surface area (Å²) in [6, 6.07) is 13.7. The number of carbonyl (C=O) groups excluding carboxylic acids is 2. The summed E-state index contributed by atoms with van der Waals surface area (Å²) >= 11 is 0. The van der Waals surface area contributed by atoms with Gasteiger partial charge in [-0.1, -0.05) is 30.3 Å². The van der Waals surface area contributed by atoms with E-state index in [2.05, 4.69) is 5.10 Å². The second-order valence-corrected chi connectivity index (χ2v) is 7.21. The fraction of sp³-hybridized carbons (Fsp3) is 0.261. The van der Waals surface area contributed by atoms with Gasteiger partial charge in [0.25, 0.3) is 5.91 Å². The molecule has 1 aliphatic rings. The number of ether oxygens (including phenoxy) is 1. The summed E-state index contributed by atoms with van der Waals surface area (Å²) in [5.41, 5.74) is 5.62. The molecule has 2 heterocycles. The maximum absolute atomic E-state index is 12.3. The largest absolute Gasteiger partial charge is 0.464 e. The van der Waals surface area contributed by atoms with Gasteiger partial charge in [0.05, 0.1) is 24.9 Å². The van der Waals surface area contributed by atoms with E-state index in [1.165, 1.54) is 5.01 Å². The lowest BCUT2D eigenvalue weighted by Gasteiger charge is -2.11. The van der Waals surface area contributed by atoms with Crippen molar-refractivity contribution in [3.8, 4) is 0 Å². The molecule has 6 nitrogen and oxygen atoms in total. The number of esters is 1. The lowest BCUT2D eigenvalue weighted by atomic mass is 10.0. The Morgan fingerprint density at radius 1 is 1.14 bits per heavy atom. The van der Waals surface area contributed by atoms with Gasteiger partial charge in [0, 0.05) is 17.4 Å². The van der Waals surface area contributed by atoms with Crippen LogP contribution in [0.25, 0.3) is 11.0 Å². The van der Waals surface area contributed by atoms with Gasteiger partial charge in [0.15, 0.2) is 6.61 Å². The molecule has 4 rings (SSSR count). The van der Waals surface area contributed by atoms with Gasteiger partial charge in [0.1, 0.15) is 5.58 Å². The summed E-state index contributed by atoms with van der Waals surface area (Å²) in [7, 11) is 0. The molecule has 29 heavy (non-hydrogen) atoms. The normalized spacial score (nSPS) is 13.6. The van der Waals surface area contributed by atoms with Crippen LogP contribution in [0, 0.1) is 13.8 Å². The number of hydrogen-bond donors (Lipinski definition) is 0. The second kappa shape index (κ2) is 7.91. The van der Waals surface area contributed by atoms with Gasteiger partial charge < -0.3 is 9.15 Å². The molecule has 0 unspecified atom stereocenters. The van der Waals surface area contributed by atoms with Crippen molar-refractivity contribution in [2.45, 2.75) is 26.7 Å². The fourth-order valence-corrected chi connectivity index (χ4v) is 3.37. The first-order valence-electron chi connectivity index (χ1n) is 9.57. The van der Waals surface area contributed by atoms with Gasteiger partial charge in [-0.05, 0) is 42.7 Å². The van der Waals surface area contributed by atoms with Crippen LogP contribution in [0.4, 0.5) is 0 Å². The van der Waals surface area contributed by atoms with Gasteiger partial charge in [-0.15, -0.1) is 0 Å². The van der Waals surface area contributed by atoms with Gasteiger partial charge in [-0.25, -0.2) is 5.01 Å². The topological polar surface area (TPSA) is 72.1 Å². The number of hydrogen-bond acceptors (Lipinski definition) is 5. The van der Waals surface area contributed by atoms with Gasteiger partial charge >= 0.3 is 5.97 Å². The minimum absolute atomic E-state index is 0.0569. The second-order valence-electron chi connectivity index (χ2n) is 7.21. The smallest absolute Gasteiger partial charge is 0.310 e. The molecule has 0 aliphatic carbocycles. The van der Waals surface area contributed by atoms with E-state index in [9.17, 15) is 9.59 Å². The van der Waals surface area contributed by atoms with Crippen LogP contribution in [0.2, 0.25) is 0 Å². The Morgan fingerprint density at radius 3 is 2.69 bits per heavy atom. The lowest BCUT2D eigenvalue weighted by molar-refractivity contribution is -0.151. The molecule has 6 heteroatoms. The van der Waals surface area contributed by atoms with Crippen LogP contribution in [-0.4, -0.2) is 35.7 Å². The number of hydrazone groups is 1. The first kappa shape index (κ1) is 18.9. The number of benzene rings is 2. The molecule has 1 aromatic heterocycles. The Balaban J connectivity index is 1.35. The lowest BCUT2D eigenvalue weighted by Crippen LogP contribution is -2.29. The maximum atomic E-state index is 12.3. The molecule has 0 spiro atoms. The van der Waals surface area contributed by atoms with Crippen LogP contribution in [-0.2, 0) is 20.7 Å². The Morgan fingerprint density at radius 2 is 1.90 bits per heavy atom. The van der Waals surface area contributed by atoms with Crippen molar-refractivity contribution >= 4 is 28.6 Å².